The van der Waals surface area contributed by atoms with Gasteiger partial charge in [0.25, 0.3) is 0 Å². The first kappa shape index (κ1) is 6.15. The van der Waals surface area contributed by atoms with Gasteiger partial charge < -0.3 is 5.21 Å². The molecule has 1 heterocycles. The van der Waals surface area contributed by atoms with E-state index in [4.69, 9.17) is 5.21 Å². The van der Waals surface area contributed by atoms with Crippen molar-refractivity contribution in [3.05, 3.63) is 30.3 Å². The van der Waals surface area contributed by atoms with Crippen molar-refractivity contribution in [2.45, 2.75) is 0 Å². The molecule has 2 rings (SSSR count). The number of aromatic nitrogens is 2. The quantitative estimate of drug-likeness (QED) is 0.579. The fourth-order valence-electron chi connectivity index (χ4n) is 0.968. The van der Waals surface area contributed by atoms with Gasteiger partial charge in [-0.3, -0.25) is 0 Å². The highest BCUT2D eigenvalue weighted by molar-refractivity contribution is 5.74. The van der Waals surface area contributed by atoms with Crippen LogP contribution in [-0.4, -0.2) is 14.9 Å². The highest BCUT2D eigenvalue weighted by Gasteiger charge is 2.00. The van der Waals surface area contributed by atoms with Gasteiger partial charge in [0.15, 0.2) is 0 Å². The van der Waals surface area contributed by atoms with E-state index in [0.29, 0.717) is 11.0 Å². The van der Waals surface area contributed by atoms with E-state index < -0.39 is 0 Å². The molecule has 0 radical (unpaired) electrons. The maximum absolute atomic E-state index is 12.5. The molecule has 1 N–H and O–H groups in total. The smallest absolute Gasteiger partial charge is 0.133 e. The van der Waals surface area contributed by atoms with Gasteiger partial charge in [0.05, 0.1) is 5.52 Å². The van der Waals surface area contributed by atoms with Crippen LogP contribution in [-0.2, 0) is 0 Å². The molecule has 56 valence electrons. The summed E-state index contributed by atoms with van der Waals surface area (Å²) in [4.78, 5) is 3.81. The van der Waals surface area contributed by atoms with E-state index in [1.165, 1.54) is 24.5 Å². The molecule has 0 aliphatic carbocycles. The van der Waals surface area contributed by atoms with Gasteiger partial charge in [-0.25, -0.2) is 9.37 Å². The lowest BCUT2D eigenvalue weighted by Gasteiger charge is -1.91. The Labute approximate surface area is 61.7 Å². The number of hydrogen-bond donors (Lipinski definition) is 1. The van der Waals surface area contributed by atoms with E-state index in [0.717, 1.165) is 4.73 Å². The molecule has 1 aromatic heterocycles. The average Bonchev–Trinajstić information content (AvgIpc) is 2.33. The van der Waals surface area contributed by atoms with Gasteiger partial charge in [-0.1, -0.05) is 0 Å². The monoisotopic (exact) mass is 152 g/mol. The molecule has 0 aliphatic heterocycles. The molecule has 0 aliphatic rings. The lowest BCUT2D eigenvalue weighted by Crippen LogP contribution is -1.85. The summed E-state index contributed by atoms with van der Waals surface area (Å²) < 4.78 is 13.3. The van der Waals surface area contributed by atoms with Crippen LogP contribution >= 0.6 is 0 Å². The van der Waals surface area contributed by atoms with Crippen molar-refractivity contribution < 1.29 is 9.60 Å². The lowest BCUT2D eigenvalue weighted by molar-refractivity contribution is 0.198. The Morgan fingerprint density at radius 2 is 2.27 bits per heavy atom. The third-order valence-corrected chi connectivity index (χ3v) is 1.49. The topological polar surface area (TPSA) is 38.0 Å². The van der Waals surface area contributed by atoms with E-state index in [-0.39, 0.29) is 5.82 Å². The van der Waals surface area contributed by atoms with Gasteiger partial charge in [0.2, 0.25) is 0 Å². The Kier molecular flexibility index (Phi) is 1.09. The van der Waals surface area contributed by atoms with Gasteiger partial charge in [-0.2, -0.15) is 4.73 Å². The van der Waals surface area contributed by atoms with Gasteiger partial charge in [0.1, 0.15) is 17.7 Å². The summed E-state index contributed by atoms with van der Waals surface area (Å²) in [6.07, 6.45) is 1.23. The SMILES string of the molecule is On1cnc2ccc(F)cc21. The second-order valence-electron chi connectivity index (χ2n) is 2.22. The van der Waals surface area contributed by atoms with Crippen LogP contribution in [0.2, 0.25) is 0 Å². The maximum Gasteiger partial charge on any atom is 0.133 e. The molecule has 3 nitrogen and oxygen atoms in total. The third kappa shape index (κ3) is 0.832. The van der Waals surface area contributed by atoms with Gasteiger partial charge in [-0.15, -0.1) is 0 Å². The van der Waals surface area contributed by atoms with Crippen LogP contribution in [0, 0.1) is 5.82 Å². The van der Waals surface area contributed by atoms with Crippen LogP contribution in [0.4, 0.5) is 4.39 Å². The molecule has 0 atom stereocenters. The fourth-order valence-corrected chi connectivity index (χ4v) is 0.968. The fraction of sp³-hybridized carbons (Fsp3) is 0. The van der Waals surface area contributed by atoms with Crippen molar-refractivity contribution in [3.63, 3.8) is 0 Å². The Morgan fingerprint density at radius 1 is 1.45 bits per heavy atom. The number of halogens is 1. The van der Waals surface area contributed by atoms with E-state index in [1.54, 1.807) is 0 Å². The molecule has 2 aromatic rings. The lowest BCUT2D eigenvalue weighted by atomic mass is 10.3. The van der Waals surface area contributed by atoms with Crippen LogP contribution in [0.25, 0.3) is 11.0 Å². The zero-order chi connectivity index (χ0) is 7.84. The molecule has 0 fully saturated rings. The summed E-state index contributed by atoms with van der Waals surface area (Å²) in [7, 11) is 0. The minimum absolute atomic E-state index is 0.380. The van der Waals surface area contributed by atoms with E-state index in [9.17, 15) is 4.39 Å². The molecular weight excluding hydrogens is 147 g/mol. The molecule has 11 heavy (non-hydrogen) atoms. The van der Waals surface area contributed by atoms with Crippen LogP contribution in [0.1, 0.15) is 0 Å². The molecule has 0 saturated carbocycles. The first-order chi connectivity index (χ1) is 5.27. The van der Waals surface area contributed by atoms with Crippen LogP contribution in [0.3, 0.4) is 0 Å². The molecule has 0 unspecified atom stereocenters. The van der Waals surface area contributed by atoms with Crippen molar-refractivity contribution in [3.8, 4) is 0 Å². The van der Waals surface area contributed by atoms with Gasteiger partial charge in [0, 0.05) is 6.07 Å². The molecular formula is C7H5FN2O. The first-order valence-corrected chi connectivity index (χ1v) is 3.09. The summed E-state index contributed by atoms with van der Waals surface area (Å²) in [5.41, 5.74) is 0.957. The molecule has 0 bridgehead atoms. The number of hydrogen-bond acceptors (Lipinski definition) is 2. The summed E-state index contributed by atoms with van der Waals surface area (Å²) >= 11 is 0. The zero-order valence-corrected chi connectivity index (χ0v) is 5.53. The van der Waals surface area contributed by atoms with Crippen LogP contribution in [0.15, 0.2) is 24.5 Å². The molecule has 0 saturated heterocycles. The van der Waals surface area contributed by atoms with Crippen LogP contribution in [0.5, 0.6) is 0 Å². The largest absolute Gasteiger partial charge is 0.427 e. The van der Waals surface area contributed by atoms with E-state index >= 15 is 0 Å². The van der Waals surface area contributed by atoms with Crippen molar-refractivity contribution in [2.24, 2.45) is 0 Å². The highest BCUT2D eigenvalue weighted by Crippen LogP contribution is 2.11. The number of fused-ring (bicyclic) bond motifs is 1. The average molecular weight is 152 g/mol. The van der Waals surface area contributed by atoms with Crippen molar-refractivity contribution >= 4 is 11.0 Å². The third-order valence-electron chi connectivity index (χ3n) is 1.49. The Morgan fingerprint density at radius 3 is 3.09 bits per heavy atom. The number of imidazole rings is 1. The van der Waals surface area contributed by atoms with Gasteiger partial charge in [-0.05, 0) is 12.1 Å². The van der Waals surface area contributed by atoms with E-state index in [2.05, 4.69) is 4.98 Å². The Hall–Kier alpha value is -1.58. The number of benzene rings is 1. The first-order valence-electron chi connectivity index (χ1n) is 3.09. The second kappa shape index (κ2) is 1.95. The normalized spacial score (nSPS) is 10.6. The minimum atomic E-state index is -0.381. The summed E-state index contributed by atoms with van der Waals surface area (Å²) in [6, 6.07) is 4.04. The van der Waals surface area contributed by atoms with Crippen molar-refractivity contribution in [2.75, 3.05) is 0 Å². The molecule has 0 amide bonds. The second-order valence-corrected chi connectivity index (χ2v) is 2.22. The number of nitrogens with zero attached hydrogens (tertiary/aromatic N) is 2. The molecule has 4 heteroatoms. The highest BCUT2D eigenvalue weighted by atomic mass is 19.1. The molecule has 1 aromatic carbocycles. The minimum Gasteiger partial charge on any atom is -0.427 e. The van der Waals surface area contributed by atoms with Crippen LogP contribution < -0.4 is 0 Å². The summed E-state index contributed by atoms with van der Waals surface area (Å²) in [6.45, 7) is 0. The van der Waals surface area contributed by atoms with E-state index in [1.807, 2.05) is 0 Å². The zero-order valence-electron chi connectivity index (χ0n) is 5.53. The Bertz CT molecular complexity index is 396. The molecule has 0 spiro atoms. The summed E-state index contributed by atoms with van der Waals surface area (Å²) in [5.74, 6) is -0.381. The Balaban J connectivity index is 2.87. The van der Waals surface area contributed by atoms with Crippen molar-refractivity contribution in [1.29, 1.82) is 0 Å². The predicted molar refractivity (Wildman–Crippen MR) is 36.9 cm³/mol. The predicted octanol–water partition coefficient (Wildman–Crippen LogP) is 1.41. The maximum atomic E-state index is 12.5. The standard InChI is InChI=1S/C7H5FN2O/c8-5-1-2-6-7(3-5)10(11)4-9-6/h1-4,11H. The summed E-state index contributed by atoms with van der Waals surface area (Å²) in [5, 5.41) is 9.02. The van der Waals surface area contributed by atoms with Gasteiger partial charge >= 0.3 is 0 Å². The number of rotatable bonds is 0. The van der Waals surface area contributed by atoms with Crippen molar-refractivity contribution in [1.82, 2.24) is 9.71 Å².